The van der Waals surface area contributed by atoms with Crippen molar-refractivity contribution in [2.75, 3.05) is 6.61 Å². The Morgan fingerprint density at radius 2 is 1.80 bits per heavy atom. The van der Waals surface area contributed by atoms with Crippen LogP contribution in [0.4, 0.5) is 13.2 Å². The van der Waals surface area contributed by atoms with E-state index in [1.165, 1.54) is 24.3 Å². The summed E-state index contributed by atoms with van der Waals surface area (Å²) in [5.41, 5.74) is -0.0956. The molecule has 0 heterocycles. The summed E-state index contributed by atoms with van der Waals surface area (Å²) in [5.74, 6) is -0.190. The van der Waals surface area contributed by atoms with Crippen LogP contribution >= 0.6 is 0 Å². The zero-order valence-corrected chi connectivity index (χ0v) is 7.53. The first-order valence-corrected chi connectivity index (χ1v) is 4.05. The summed E-state index contributed by atoms with van der Waals surface area (Å²) in [6, 6.07) is 5.42. The number of rotatable bonds is 3. The van der Waals surface area contributed by atoms with Gasteiger partial charge >= 0.3 is 13.3 Å². The van der Waals surface area contributed by atoms with Crippen LogP contribution in [-0.4, -0.2) is 29.9 Å². The molecule has 0 atom stereocenters. The number of hydrogen-bond acceptors (Lipinski definition) is 3. The fraction of sp³-hybridized carbons (Fsp3) is 0.250. The summed E-state index contributed by atoms with van der Waals surface area (Å²) in [5, 5.41) is 17.7. The Morgan fingerprint density at radius 3 is 2.33 bits per heavy atom. The molecule has 1 aromatic rings. The molecule has 0 fully saturated rings. The van der Waals surface area contributed by atoms with Crippen molar-refractivity contribution in [1.29, 1.82) is 0 Å². The van der Waals surface area contributed by atoms with Gasteiger partial charge in [-0.05, 0) is 6.07 Å². The molecule has 1 rings (SSSR count). The first kappa shape index (κ1) is 11.9. The van der Waals surface area contributed by atoms with Gasteiger partial charge in [-0.3, -0.25) is 0 Å². The maximum Gasteiger partial charge on any atom is 0.492 e. The van der Waals surface area contributed by atoms with Crippen LogP contribution < -0.4 is 10.2 Å². The van der Waals surface area contributed by atoms with Crippen LogP contribution in [0.15, 0.2) is 24.3 Å². The molecule has 0 saturated carbocycles. The van der Waals surface area contributed by atoms with E-state index in [0.717, 1.165) is 0 Å². The summed E-state index contributed by atoms with van der Waals surface area (Å²) >= 11 is 0. The van der Waals surface area contributed by atoms with Crippen molar-refractivity contribution in [3.8, 4) is 5.75 Å². The minimum Gasteiger partial charge on any atom is -0.484 e. The number of alkyl halides is 3. The van der Waals surface area contributed by atoms with E-state index in [9.17, 15) is 13.2 Å². The van der Waals surface area contributed by atoms with Crippen molar-refractivity contribution < 1.29 is 28.0 Å². The van der Waals surface area contributed by atoms with Gasteiger partial charge in [-0.25, -0.2) is 0 Å². The summed E-state index contributed by atoms with van der Waals surface area (Å²) in [4.78, 5) is 0. The molecule has 82 valence electrons. The number of ether oxygens (including phenoxy) is 1. The van der Waals surface area contributed by atoms with Crippen LogP contribution in [0, 0.1) is 0 Å². The SMILES string of the molecule is OB(O)c1ccccc1OCC(F)(F)F. The molecule has 0 aliphatic carbocycles. The Hall–Kier alpha value is -1.21. The normalized spacial score (nSPS) is 11.3. The van der Waals surface area contributed by atoms with Crippen molar-refractivity contribution in [3.05, 3.63) is 24.3 Å². The molecular weight excluding hydrogens is 212 g/mol. The Kier molecular flexibility index (Phi) is 3.59. The van der Waals surface area contributed by atoms with Gasteiger partial charge in [0.2, 0.25) is 0 Å². The van der Waals surface area contributed by atoms with E-state index in [1.54, 1.807) is 0 Å². The standard InChI is InChI=1S/C8H8BF3O3/c10-8(11,12)5-15-7-4-2-1-3-6(7)9(13)14/h1-4,13-14H,5H2. The van der Waals surface area contributed by atoms with Gasteiger partial charge in [-0.1, -0.05) is 18.2 Å². The van der Waals surface area contributed by atoms with Crippen LogP contribution in [-0.2, 0) is 0 Å². The minimum atomic E-state index is -4.45. The average molecular weight is 220 g/mol. The highest BCUT2D eigenvalue weighted by Gasteiger charge is 2.29. The van der Waals surface area contributed by atoms with E-state index >= 15 is 0 Å². The van der Waals surface area contributed by atoms with Gasteiger partial charge in [0.15, 0.2) is 6.61 Å². The second-order valence-corrected chi connectivity index (χ2v) is 2.82. The molecule has 0 saturated heterocycles. The molecule has 15 heavy (non-hydrogen) atoms. The van der Waals surface area contributed by atoms with Gasteiger partial charge in [0.25, 0.3) is 0 Å². The first-order valence-electron chi connectivity index (χ1n) is 4.05. The molecule has 0 amide bonds. The highest BCUT2D eigenvalue weighted by atomic mass is 19.4. The molecule has 1 aromatic carbocycles. The number of benzene rings is 1. The van der Waals surface area contributed by atoms with E-state index in [2.05, 4.69) is 4.74 Å². The fourth-order valence-corrected chi connectivity index (χ4v) is 0.985. The summed E-state index contributed by atoms with van der Waals surface area (Å²) < 4.78 is 39.9. The van der Waals surface area contributed by atoms with Crippen LogP contribution in [0.25, 0.3) is 0 Å². The molecule has 0 spiro atoms. The quantitative estimate of drug-likeness (QED) is 0.720. The number of halogens is 3. The van der Waals surface area contributed by atoms with Gasteiger partial charge in [-0.15, -0.1) is 0 Å². The monoisotopic (exact) mass is 220 g/mol. The smallest absolute Gasteiger partial charge is 0.484 e. The third-order valence-electron chi connectivity index (χ3n) is 1.59. The lowest BCUT2D eigenvalue weighted by molar-refractivity contribution is -0.153. The Bertz CT molecular complexity index is 327. The van der Waals surface area contributed by atoms with Crippen LogP contribution in [0.2, 0.25) is 0 Å². The summed E-state index contributed by atoms with van der Waals surface area (Å²) in [6.45, 7) is -1.46. The van der Waals surface area contributed by atoms with Crippen LogP contribution in [0.3, 0.4) is 0 Å². The lowest BCUT2D eigenvalue weighted by atomic mass is 9.79. The largest absolute Gasteiger partial charge is 0.492 e. The second-order valence-electron chi connectivity index (χ2n) is 2.82. The predicted molar refractivity (Wildman–Crippen MR) is 47.8 cm³/mol. The highest BCUT2D eigenvalue weighted by molar-refractivity contribution is 6.59. The Labute approximate surface area is 84.3 Å². The molecule has 0 bridgehead atoms. The second kappa shape index (κ2) is 4.54. The van der Waals surface area contributed by atoms with Gasteiger partial charge in [0, 0.05) is 5.46 Å². The number of hydrogen-bond donors (Lipinski definition) is 2. The van der Waals surface area contributed by atoms with E-state index in [4.69, 9.17) is 10.0 Å². The lowest BCUT2D eigenvalue weighted by Gasteiger charge is -2.12. The molecule has 2 N–H and O–H groups in total. The molecule has 7 heteroatoms. The van der Waals surface area contributed by atoms with Gasteiger partial charge in [0.05, 0.1) is 0 Å². The molecule has 0 radical (unpaired) electrons. The third-order valence-corrected chi connectivity index (χ3v) is 1.59. The van der Waals surface area contributed by atoms with Crippen molar-refractivity contribution in [2.24, 2.45) is 0 Å². The maximum absolute atomic E-state index is 11.8. The average Bonchev–Trinajstić information content (AvgIpc) is 2.14. The molecule has 0 aromatic heterocycles. The first-order chi connectivity index (χ1) is 6.90. The van der Waals surface area contributed by atoms with Gasteiger partial charge in [-0.2, -0.15) is 13.2 Å². The lowest BCUT2D eigenvalue weighted by Crippen LogP contribution is -2.32. The van der Waals surface area contributed by atoms with Crippen molar-refractivity contribution in [1.82, 2.24) is 0 Å². The van der Waals surface area contributed by atoms with Crippen LogP contribution in [0.1, 0.15) is 0 Å². The van der Waals surface area contributed by atoms with E-state index < -0.39 is 19.9 Å². The zero-order chi connectivity index (χ0) is 11.5. The number of para-hydroxylation sites is 1. The molecule has 0 aliphatic rings. The van der Waals surface area contributed by atoms with E-state index in [-0.39, 0.29) is 11.2 Å². The molecular formula is C8H8BF3O3. The molecule has 3 nitrogen and oxygen atoms in total. The maximum atomic E-state index is 11.8. The Balaban J connectivity index is 2.76. The summed E-state index contributed by atoms with van der Waals surface area (Å²) in [6.07, 6.45) is -4.45. The summed E-state index contributed by atoms with van der Waals surface area (Å²) in [7, 11) is -1.85. The van der Waals surface area contributed by atoms with Gasteiger partial charge < -0.3 is 14.8 Å². The zero-order valence-electron chi connectivity index (χ0n) is 7.53. The molecule has 0 unspecified atom stereocenters. The van der Waals surface area contributed by atoms with E-state index in [0.29, 0.717) is 0 Å². The van der Waals surface area contributed by atoms with Crippen molar-refractivity contribution in [2.45, 2.75) is 6.18 Å². The van der Waals surface area contributed by atoms with Crippen molar-refractivity contribution >= 4 is 12.6 Å². The van der Waals surface area contributed by atoms with Gasteiger partial charge in [0.1, 0.15) is 5.75 Å². The van der Waals surface area contributed by atoms with E-state index in [1.807, 2.05) is 0 Å². The minimum absolute atomic E-state index is 0.0956. The fourth-order valence-electron chi connectivity index (χ4n) is 0.985. The molecule has 0 aliphatic heterocycles. The topological polar surface area (TPSA) is 49.7 Å². The van der Waals surface area contributed by atoms with Crippen molar-refractivity contribution in [3.63, 3.8) is 0 Å². The Morgan fingerprint density at radius 1 is 1.20 bits per heavy atom. The highest BCUT2D eigenvalue weighted by Crippen LogP contribution is 2.17. The predicted octanol–water partition coefficient (Wildman–Crippen LogP) is 0.307. The third kappa shape index (κ3) is 3.81. The van der Waals surface area contributed by atoms with Crippen LogP contribution in [0.5, 0.6) is 5.75 Å².